The van der Waals surface area contributed by atoms with E-state index < -0.39 is 0 Å². The second-order valence-electron chi connectivity index (χ2n) is 7.72. The standard InChI is InChI=1S/C25H27FN4O2/c1-32-21-8-4-6-19(16-21)25(31)28-18-24(20-7-5-11-27-17-20)30-14-12-29(13-15-30)23-10-3-2-9-22(23)26/h2-11,16-17,24H,12-15,18H2,1H3,(H,28,31)/t24-/m0/s1. The molecule has 1 atom stereocenters. The van der Waals surface area contributed by atoms with Crippen LogP contribution in [0.2, 0.25) is 0 Å². The van der Waals surface area contributed by atoms with Crippen LogP contribution in [-0.4, -0.2) is 55.6 Å². The lowest BCUT2D eigenvalue weighted by molar-refractivity contribution is 0.0929. The molecule has 0 unspecified atom stereocenters. The lowest BCUT2D eigenvalue weighted by Gasteiger charge is -2.40. The number of nitrogens with zero attached hydrogens (tertiary/aromatic N) is 3. The zero-order valence-electron chi connectivity index (χ0n) is 18.1. The number of rotatable bonds is 7. The van der Waals surface area contributed by atoms with Gasteiger partial charge in [0.1, 0.15) is 11.6 Å². The van der Waals surface area contributed by atoms with Gasteiger partial charge in [-0.2, -0.15) is 0 Å². The van der Waals surface area contributed by atoms with Crippen LogP contribution >= 0.6 is 0 Å². The Labute approximate surface area is 187 Å². The highest BCUT2D eigenvalue weighted by atomic mass is 19.1. The van der Waals surface area contributed by atoms with Gasteiger partial charge in [0.15, 0.2) is 0 Å². The Balaban J connectivity index is 1.45. The third-order valence-electron chi connectivity index (χ3n) is 5.81. The van der Waals surface area contributed by atoms with Gasteiger partial charge in [0, 0.05) is 50.7 Å². The molecular weight excluding hydrogens is 407 g/mol. The summed E-state index contributed by atoms with van der Waals surface area (Å²) < 4.78 is 19.4. The number of ether oxygens (including phenoxy) is 1. The number of aromatic nitrogens is 1. The zero-order chi connectivity index (χ0) is 22.3. The van der Waals surface area contributed by atoms with Crippen LogP contribution in [0.25, 0.3) is 0 Å². The van der Waals surface area contributed by atoms with E-state index in [9.17, 15) is 9.18 Å². The van der Waals surface area contributed by atoms with Crippen molar-refractivity contribution in [2.75, 3.05) is 44.7 Å². The number of amides is 1. The van der Waals surface area contributed by atoms with Crippen molar-refractivity contribution in [1.29, 1.82) is 0 Å². The number of anilines is 1. The number of benzene rings is 2. The molecule has 1 aliphatic heterocycles. The Morgan fingerprint density at radius 2 is 1.91 bits per heavy atom. The number of pyridine rings is 1. The number of halogens is 1. The largest absolute Gasteiger partial charge is 0.497 e. The first-order valence-electron chi connectivity index (χ1n) is 10.7. The van der Waals surface area contributed by atoms with Crippen molar-refractivity contribution in [3.05, 3.63) is 90.0 Å². The average Bonchev–Trinajstić information content (AvgIpc) is 2.85. The summed E-state index contributed by atoms with van der Waals surface area (Å²) in [6.45, 7) is 3.37. The van der Waals surface area contributed by atoms with Crippen LogP contribution in [0, 0.1) is 5.82 Å². The average molecular weight is 435 g/mol. The van der Waals surface area contributed by atoms with Gasteiger partial charge in [0.2, 0.25) is 0 Å². The lowest BCUT2D eigenvalue weighted by Crippen LogP contribution is -2.50. The molecule has 2 aromatic carbocycles. The molecule has 2 heterocycles. The predicted octanol–water partition coefficient (Wildman–Crippen LogP) is 3.52. The Bertz CT molecular complexity index is 1040. The first-order chi connectivity index (χ1) is 15.7. The topological polar surface area (TPSA) is 57.7 Å². The molecule has 0 saturated carbocycles. The number of carbonyl (C=O) groups is 1. The second-order valence-corrected chi connectivity index (χ2v) is 7.72. The summed E-state index contributed by atoms with van der Waals surface area (Å²) in [6.07, 6.45) is 3.58. The van der Waals surface area contributed by atoms with E-state index in [2.05, 4.69) is 20.1 Å². The summed E-state index contributed by atoms with van der Waals surface area (Å²) in [6, 6.07) is 17.9. The van der Waals surface area contributed by atoms with E-state index in [0.717, 1.165) is 18.7 Å². The molecule has 0 spiro atoms. The molecular formula is C25H27FN4O2. The van der Waals surface area contributed by atoms with Gasteiger partial charge in [0.25, 0.3) is 5.91 Å². The van der Waals surface area contributed by atoms with Gasteiger partial charge in [-0.3, -0.25) is 14.7 Å². The van der Waals surface area contributed by atoms with Crippen LogP contribution in [0.1, 0.15) is 22.0 Å². The van der Waals surface area contributed by atoms with E-state index in [-0.39, 0.29) is 17.8 Å². The molecule has 1 fully saturated rings. The first-order valence-corrected chi connectivity index (χ1v) is 10.7. The van der Waals surface area contributed by atoms with Crippen molar-refractivity contribution >= 4 is 11.6 Å². The normalized spacial score (nSPS) is 15.2. The van der Waals surface area contributed by atoms with Crippen LogP contribution in [0.15, 0.2) is 73.1 Å². The van der Waals surface area contributed by atoms with Crippen molar-refractivity contribution in [2.24, 2.45) is 0 Å². The van der Waals surface area contributed by atoms with Gasteiger partial charge in [-0.15, -0.1) is 0 Å². The first kappa shape index (κ1) is 21.8. The van der Waals surface area contributed by atoms with Crippen molar-refractivity contribution < 1.29 is 13.9 Å². The van der Waals surface area contributed by atoms with Crippen LogP contribution in [0.4, 0.5) is 10.1 Å². The number of methoxy groups -OCH3 is 1. The number of hydrogen-bond donors (Lipinski definition) is 1. The summed E-state index contributed by atoms with van der Waals surface area (Å²) >= 11 is 0. The maximum absolute atomic E-state index is 14.2. The molecule has 3 aromatic rings. The van der Waals surface area contributed by atoms with Crippen LogP contribution in [0.5, 0.6) is 5.75 Å². The maximum atomic E-state index is 14.2. The predicted molar refractivity (Wildman–Crippen MR) is 122 cm³/mol. The van der Waals surface area contributed by atoms with E-state index in [1.165, 1.54) is 6.07 Å². The number of para-hydroxylation sites is 1. The summed E-state index contributed by atoms with van der Waals surface area (Å²) in [7, 11) is 1.58. The van der Waals surface area contributed by atoms with Crippen molar-refractivity contribution in [3.63, 3.8) is 0 Å². The molecule has 0 radical (unpaired) electrons. The fourth-order valence-electron chi connectivity index (χ4n) is 4.07. The van der Waals surface area contributed by atoms with Crippen molar-refractivity contribution in [2.45, 2.75) is 6.04 Å². The third-order valence-corrected chi connectivity index (χ3v) is 5.81. The molecule has 0 bridgehead atoms. The number of nitrogens with one attached hydrogen (secondary N) is 1. The molecule has 1 N–H and O–H groups in total. The highest BCUT2D eigenvalue weighted by molar-refractivity contribution is 5.94. The van der Waals surface area contributed by atoms with Crippen molar-refractivity contribution in [3.8, 4) is 5.75 Å². The minimum absolute atomic E-state index is 0.0268. The quantitative estimate of drug-likeness (QED) is 0.617. The Morgan fingerprint density at radius 3 is 2.62 bits per heavy atom. The monoisotopic (exact) mass is 434 g/mol. The molecule has 166 valence electrons. The minimum Gasteiger partial charge on any atom is -0.497 e. The summed E-state index contributed by atoms with van der Waals surface area (Å²) in [5, 5.41) is 3.06. The van der Waals surface area contributed by atoms with Gasteiger partial charge in [0.05, 0.1) is 18.8 Å². The number of piperazine rings is 1. The molecule has 7 heteroatoms. The minimum atomic E-state index is -0.199. The fraction of sp³-hybridized carbons (Fsp3) is 0.280. The van der Waals surface area contributed by atoms with Gasteiger partial charge < -0.3 is 15.0 Å². The molecule has 0 aliphatic carbocycles. The second kappa shape index (κ2) is 10.2. The highest BCUT2D eigenvalue weighted by Gasteiger charge is 2.27. The van der Waals surface area contributed by atoms with E-state index in [1.54, 1.807) is 37.6 Å². The summed E-state index contributed by atoms with van der Waals surface area (Å²) in [5.41, 5.74) is 2.23. The molecule has 4 rings (SSSR count). The fourth-order valence-corrected chi connectivity index (χ4v) is 4.07. The Morgan fingerprint density at radius 1 is 1.09 bits per heavy atom. The SMILES string of the molecule is COc1cccc(C(=O)NC[C@@H](c2cccnc2)N2CCN(c3ccccc3F)CC2)c1. The van der Waals surface area contributed by atoms with E-state index in [1.807, 2.05) is 36.5 Å². The Kier molecular flexibility index (Phi) is 6.97. The third kappa shape index (κ3) is 5.06. The highest BCUT2D eigenvalue weighted by Crippen LogP contribution is 2.25. The molecule has 32 heavy (non-hydrogen) atoms. The summed E-state index contributed by atoms with van der Waals surface area (Å²) in [5.74, 6) is 0.295. The summed E-state index contributed by atoms with van der Waals surface area (Å²) in [4.78, 5) is 21.4. The van der Waals surface area contributed by atoms with Crippen LogP contribution in [-0.2, 0) is 0 Å². The van der Waals surface area contributed by atoms with E-state index in [0.29, 0.717) is 36.6 Å². The molecule has 1 aromatic heterocycles. The van der Waals surface area contributed by atoms with Crippen molar-refractivity contribution in [1.82, 2.24) is 15.2 Å². The van der Waals surface area contributed by atoms with Crippen LogP contribution in [0.3, 0.4) is 0 Å². The molecule has 6 nitrogen and oxygen atoms in total. The maximum Gasteiger partial charge on any atom is 0.251 e. The number of carbonyl (C=O) groups excluding carboxylic acids is 1. The van der Waals surface area contributed by atoms with Gasteiger partial charge in [-0.05, 0) is 42.0 Å². The van der Waals surface area contributed by atoms with E-state index in [4.69, 9.17) is 4.74 Å². The van der Waals surface area contributed by atoms with Gasteiger partial charge in [-0.25, -0.2) is 4.39 Å². The zero-order valence-corrected chi connectivity index (χ0v) is 18.1. The van der Waals surface area contributed by atoms with E-state index >= 15 is 0 Å². The smallest absolute Gasteiger partial charge is 0.251 e. The van der Waals surface area contributed by atoms with Gasteiger partial charge in [-0.1, -0.05) is 24.3 Å². The van der Waals surface area contributed by atoms with Crippen LogP contribution < -0.4 is 15.0 Å². The lowest BCUT2D eigenvalue weighted by atomic mass is 10.1. The number of hydrogen-bond acceptors (Lipinski definition) is 5. The molecule has 1 aliphatic rings. The molecule has 1 amide bonds. The van der Waals surface area contributed by atoms with Gasteiger partial charge >= 0.3 is 0 Å². The Hall–Kier alpha value is -3.45. The molecule has 1 saturated heterocycles.